The van der Waals surface area contributed by atoms with Crippen molar-refractivity contribution in [3.63, 3.8) is 0 Å². The molecule has 0 radical (unpaired) electrons. The van der Waals surface area contributed by atoms with E-state index < -0.39 is 5.41 Å². The summed E-state index contributed by atoms with van der Waals surface area (Å²) in [4.78, 5) is 0. The van der Waals surface area contributed by atoms with Gasteiger partial charge in [-0.2, -0.15) is 5.26 Å². The Bertz CT molecular complexity index is 435. The fourth-order valence-electron chi connectivity index (χ4n) is 1.14. The van der Waals surface area contributed by atoms with Crippen LogP contribution in [0.25, 0.3) is 0 Å². The lowest BCUT2D eigenvalue weighted by molar-refractivity contribution is 0.528. The van der Waals surface area contributed by atoms with E-state index in [2.05, 4.69) is 11.4 Å². The first kappa shape index (κ1) is 12.8. The molecule has 1 aromatic carbocycles. The van der Waals surface area contributed by atoms with E-state index in [1.54, 1.807) is 26.8 Å². The van der Waals surface area contributed by atoms with Gasteiger partial charge < -0.3 is 5.32 Å². The predicted molar refractivity (Wildman–Crippen MR) is 64.0 cm³/mol. The van der Waals surface area contributed by atoms with Gasteiger partial charge in [-0.15, -0.1) is 0 Å². The maximum atomic E-state index is 13.3. The minimum absolute atomic E-state index is 0.304. The van der Waals surface area contributed by atoms with Crippen LogP contribution in [-0.4, -0.2) is 6.54 Å². The summed E-state index contributed by atoms with van der Waals surface area (Å²) in [5.41, 5.74) is 0.521. The van der Waals surface area contributed by atoms with Crippen molar-refractivity contribution in [2.45, 2.75) is 20.8 Å². The standard InChI is InChI=1S/C12H14ClFN2/c1-8-4-9(13)11(5-10(8)14)16-7-12(2,3)6-15/h4-5,16H,7H2,1-3H3. The number of halogens is 2. The van der Waals surface area contributed by atoms with Gasteiger partial charge in [-0.25, -0.2) is 4.39 Å². The molecule has 0 heterocycles. The smallest absolute Gasteiger partial charge is 0.128 e. The number of anilines is 1. The lowest BCUT2D eigenvalue weighted by Crippen LogP contribution is -2.21. The summed E-state index contributed by atoms with van der Waals surface area (Å²) in [5.74, 6) is -0.304. The Morgan fingerprint density at radius 1 is 1.50 bits per heavy atom. The number of aryl methyl sites for hydroxylation is 1. The van der Waals surface area contributed by atoms with Gasteiger partial charge in [-0.3, -0.25) is 0 Å². The van der Waals surface area contributed by atoms with Crippen molar-refractivity contribution in [2.24, 2.45) is 5.41 Å². The molecule has 0 spiro atoms. The van der Waals surface area contributed by atoms with E-state index in [0.717, 1.165) is 0 Å². The zero-order valence-electron chi connectivity index (χ0n) is 9.56. The molecule has 16 heavy (non-hydrogen) atoms. The summed E-state index contributed by atoms with van der Waals surface area (Å²) in [6, 6.07) is 5.08. The van der Waals surface area contributed by atoms with Crippen molar-refractivity contribution < 1.29 is 4.39 Å². The van der Waals surface area contributed by atoms with Crippen molar-refractivity contribution >= 4 is 17.3 Å². The first-order valence-corrected chi connectivity index (χ1v) is 5.34. The topological polar surface area (TPSA) is 35.8 Å². The zero-order chi connectivity index (χ0) is 12.3. The summed E-state index contributed by atoms with van der Waals surface area (Å²) in [7, 11) is 0. The highest BCUT2D eigenvalue weighted by atomic mass is 35.5. The molecule has 1 rings (SSSR count). The van der Waals surface area contributed by atoms with Crippen LogP contribution in [0.15, 0.2) is 12.1 Å². The van der Waals surface area contributed by atoms with Gasteiger partial charge in [0.1, 0.15) is 5.82 Å². The van der Waals surface area contributed by atoms with E-state index in [4.69, 9.17) is 16.9 Å². The molecule has 0 bridgehead atoms. The lowest BCUT2D eigenvalue weighted by Gasteiger charge is -2.17. The Labute approximate surface area is 100 Å². The van der Waals surface area contributed by atoms with Crippen LogP contribution in [0.3, 0.4) is 0 Å². The number of rotatable bonds is 3. The van der Waals surface area contributed by atoms with Gasteiger partial charge in [-0.05, 0) is 38.5 Å². The van der Waals surface area contributed by atoms with Crippen molar-refractivity contribution in [3.8, 4) is 6.07 Å². The largest absolute Gasteiger partial charge is 0.382 e. The zero-order valence-corrected chi connectivity index (χ0v) is 10.3. The number of nitrogens with one attached hydrogen (secondary N) is 1. The van der Waals surface area contributed by atoms with Crippen LogP contribution in [0, 0.1) is 29.5 Å². The molecule has 0 aliphatic carbocycles. The van der Waals surface area contributed by atoms with Crippen LogP contribution in [-0.2, 0) is 0 Å². The highest BCUT2D eigenvalue weighted by Gasteiger charge is 2.17. The van der Waals surface area contributed by atoms with Crippen molar-refractivity contribution in [1.82, 2.24) is 0 Å². The molecule has 0 aliphatic rings. The highest BCUT2D eigenvalue weighted by Crippen LogP contribution is 2.26. The second-order valence-electron chi connectivity index (χ2n) is 4.43. The molecular formula is C12H14ClFN2. The fraction of sp³-hybridized carbons (Fsp3) is 0.417. The Morgan fingerprint density at radius 3 is 2.69 bits per heavy atom. The Kier molecular flexibility index (Phi) is 3.77. The minimum Gasteiger partial charge on any atom is -0.382 e. The summed E-state index contributed by atoms with van der Waals surface area (Å²) in [6.07, 6.45) is 0. The maximum Gasteiger partial charge on any atom is 0.128 e. The van der Waals surface area contributed by atoms with E-state index in [0.29, 0.717) is 22.8 Å². The van der Waals surface area contributed by atoms with Crippen LogP contribution in [0.4, 0.5) is 10.1 Å². The lowest BCUT2D eigenvalue weighted by atomic mass is 9.96. The third kappa shape index (κ3) is 3.11. The van der Waals surface area contributed by atoms with Crippen molar-refractivity contribution in [2.75, 3.05) is 11.9 Å². The summed E-state index contributed by atoms with van der Waals surface area (Å²) >= 11 is 5.96. The fourth-order valence-corrected chi connectivity index (χ4v) is 1.42. The predicted octanol–water partition coefficient (Wildman–Crippen LogP) is 3.75. The molecule has 0 saturated heterocycles. The molecule has 0 aromatic heterocycles. The van der Waals surface area contributed by atoms with E-state index >= 15 is 0 Å². The quantitative estimate of drug-likeness (QED) is 0.874. The first-order chi connectivity index (χ1) is 7.35. The third-order valence-electron chi connectivity index (χ3n) is 2.27. The molecule has 0 aliphatic heterocycles. The molecule has 0 unspecified atom stereocenters. The Balaban J connectivity index is 2.84. The summed E-state index contributed by atoms with van der Waals surface area (Å²) in [5, 5.41) is 12.3. The maximum absolute atomic E-state index is 13.3. The molecular weight excluding hydrogens is 227 g/mol. The number of benzene rings is 1. The first-order valence-electron chi connectivity index (χ1n) is 4.96. The van der Waals surface area contributed by atoms with Gasteiger partial charge in [0.2, 0.25) is 0 Å². The Hall–Kier alpha value is -1.27. The number of hydrogen-bond acceptors (Lipinski definition) is 2. The van der Waals surface area contributed by atoms with E-state index in [9.17, 15) is 4.39 Å². The molecule has 0 saturated carbocycles. The van der Waals surface area contributed by atoms with Gasteiger partial charge in [0, 0.05) is 6.54 Å². The normalized spacial score (nSPS) is 11.0. The molecule has 0 fully saturated rings. The van der Waals surface area contributed by atoms with Gasteiger partial charge >= 0.3 is 0 Å². The molecule has 2 nitrogen and oxygen atoms in total. The molecule has 1 aromatic rings. The average molecular weight is 241 g/mol. The second-order valence-corrected chi connectivity index (χ2v) is 4.84. The van der Waals surface area contributed by atoms with Gasteiger partial charge in [0.25, 0.3) is 0 Å². The van der Waals surface area contributed by atoms with E-state index in [1.807, 2.05) is 0 Å². The average Bonchev–Trinajstić information content (AvgIpc) is 2.22. The van der Waals surface area contributed by atoms with Crippen LogP contribution < -0.4 is 5.32 Å². The number of hydrogen-bond donors (Lipinski definition) is 1. The Morgan fingerprint density at radius 2 is 2.12 bits per heavy atom. The number of nitriles is 1. The van der Waals surface area contributed by atoms with E-state index in [-0.39, 0.29) is 5.82 Å². The van der Waals surface area contributed by atoms with Crippen LogP contribution >= 0.6 is 11.6 Å². The molecule has 86 valence electrons. The van der Waals surface area contributed by atoms with Crippen molar-refractivity contribution in [1.29, 1.82) is 5.26 Å². The second kappa shape index (κ2) is 4.71. The summed E-state index contributed by atoms with van der Waals surface area (Å²) in [6.45, 7) is 5.69. The molecule has 4 heteroatoms. The van der Waals surface area contributed by atoms with E-state index in [1.165, 1.54) is 6.07 Å². The van der Waals surface area contributed by atoms with Crippen LogP contribution in [0.2, 0.25) is 5.02 Å². The minimum atomic E-state index is -0.509. The molecule has 1 N–H and O–H groups in total. The summed E-state index contributed by atoms with van der Waals surface area (Å²) < 4.78 is 13.3. The molecule has 0 amide bonds. The SMILES string of the molecule is Cc1cc(Cl)c(NCC(C)(C)C#N)cc1F. The van der Waals surface area contributed by atoms with Gasteiger partial charge in [0.05, 0.1) is 22.2 Å². The van der Waals surface area contributed by atoms with Gasteiger partial charge in [0.15, 0.2) is 0 Å². The van der Waals surface area contributed by atoms with Gasteiger partial charge in [-0.1, -0.05) is 11.6 Å². The number of nitrogens with zero attached hydrogens (tertiary/aromatic N) is 1. The highest BCUT2D eigenvalue weighted by molar-refractivity contribution is 6.33. The van der Waals surface area contributed by atoms with Crippen LogP contribution in [0.5, 0.6) is 0 Å². The van der Waals surface area contributed by atoms with Crippen molar-refractivity contribution in [3.05, 3.63) is 28.5 Å². The monoisotopic (exact) mass is 240 g/mol. The molecule has 0 atom stereocenters. The van der Waals surface area contributed by atoms with Crippen LogP contribution in [0.1, 0.15) is 19.4 Å². The third-order valence-corrected chi connectivity index (χ3v) is 2.58.